The van der Waals surface area contributed by atoms with E-state index in [1.807, 2.05) is 10.9 Å². The van der Waals surface area contributed by atoms with Crippen molar-refractivity contribution in [1.82, 2.24) is 10.9 Å². The van der Waals surface area contributed by atoms with Crippen molar-refractivity contribution in [3.8, 4) is 0 Å². The van der Waals surface area contributed by atoms with Crippen LogP contribution < -0.4 is 16.7 Å². The summed E-state index contributed by atoms with van der Waals surface area (Å²) in [6.45, 7) is 3.62. The molecule has 0 fully saturated rings. The number of hydrazone groups is 1. The summed E-state index contributed by atoms with van der Waals surface area (Å²) < 4.78 is 4.70. The van der Waals surface area contributed by atoms with Crippen LogP contribution in [0.5, 0.6) is 0 Å². The monoisotopic (exact) mass is 202 g/mol. The van der Waals surface area contributed by atoms with Gasteiger partial charge in [0.25, 0.3) is 0 Å². The average Bonchev–Trinajstić information content (AvgIpc) is 2.17. The Hall–Kier alpha value is -1.63. The summed E-state index contributed by atoms with van der Waals surface area (Å²) in [7, 11) is 0. The summed E-state index contributed by atoms with van der Waals surface area (Å²) in [4.78, 5) is 21.5. The van der Waals surface area contributed by atoms with Gasteiger partial charge in [0, 0.05) is 6.21 Å². The van der Waals surface area contributed by atoms with Crippen molar-refractivity contribution in [3.05, 3.63) is 0 Å². The summed E-state index contributed by atoms with van der Waals surface area (Å²) >= 11 is 0. The Balaban J connectivity index is 3.86. The molecule has 80 valence electrons. The summed E-state index contributed by atoms with van der Waals surface area (Å²) in [5, 5.41) is 3.48. The molecular formula is C7H14N4O3. The minimum Gasteiger partial charge on any atom is -0.466 e. The molecule has 0 aromatic rings. The summed E-state index contributed by atoms with van der Waals surface area (Å²) in [5.74, 6) is 3.87. The zero-order valence-corrected chi connectivity index (χ0v) is 8.11. The van der Waals surface area contributed by atoms with Crippen molar-refractivity contribution in [2.24, 2.45) is 16.9 Å². The highest BCUT2D eigenvalue weighted by Gasteiger charge is 2.10. The second-order valence-electron chi connectivity index (χ2n) is 2.40. The lowest BCUT2D eigenvalue weighted by Gasteiger charge is -2.04. The Bertz CT molecular complexity index is 229. The molecule has 0 aromatic heterocycles. The van der Waals surface area contributed by atoms with Gasteiger partial charge in [-0.3, -0.25) is 10.2 Å². The van der Waals surface area contributed by atoms with Crippen LogP contribution in [0.15, 0.2) is 5.10 Å². The van der Waals surface area contributed by atoms with Gasteiger partial charge < -0.3 is 4.74 Å². The maximum Gasteiger partial charge on any atom is 0.349 e. The lowest BCUT2D eigenvalue weighted by Crippen LogP contribution is -2.37. The first-order chi connectivity index (χ1) is 6.61. The van der Waals surface area contributed by atoms with E-state index in [0.717, 1.165) is 0 Å². The Morgan fingerprint density at radius 2 is 2.29 bits per heavy atom. The van der Waals surface area contributed by atoms with E-state index in [1.54, 1.807) is 13.8 Å². The largest absolute Gasteiger partial charge is 0.466 e. The van der Waals surface area contributed by atoms with Crippen molar-refractivity contribution in [1.29, 1.82) is 0 Å². The van der Waals surface area contributed by atoms with E-state index < -0.39 is 17.9 Å². The van der Waals surface area contributed by atoms with Crippen LogP contribution >= 0.6 is 0 Å². The molecule has 4 N–H and O–H groups in total. The number of ether oxygens (including phenoxy) is 1. The van der Waals surface area contributed by atoms with E-state index in [4.69, 9.17) is 10.6 Å². The quantitative estimate of drug-likeness (QED) is 0.185. The molecule has 0 rings (SSSR count). The fourth-order valence-electron chi connectivity index (χ4n) is 0.575. The van der Waals surface area contributed by atoms with Crippen molar-refractivity contribution in [2.45, 2.75) is 13.8 Å². The van der Waals surface area contributed by atoms with Crippen LogP contribution in [0.25, 0.3) is 0 Å². The molecular weight excluding hydrogens is 188 g/mol. The molecule has 0 aliphatic carbocycles. The molecule has 0 saturated carbocycles. The van der Waals surface area contributed by atoms with Gasteiger partial charge >= 0.3 is 12.0 Å². The molecule has 0 aliphatic heterocycles. The van der Waals surface area contributed by atoms with Gasteiger partial charge in [0.05, 0.1) is 12.5 Å². The Labute approximate surface area is 81.6 Å². The van der Waals surface area contributed by atoms with Gasteiger partial charge in [0.1, 0.15) is 0 Å². The first kappa shape index (κ1) is 12.4. The maximum atomic E-state index is 11.0. The van der Waals surface area contributed by atoms with Crippen LogP contribution in [0.1, 0.15) is 13.8 Å². The Morgan fingerprint density at radius 1 is 1.64 bits per heavy atom. The molecule has 2 amide bonds. The number of carbonyl (C=O) groups excluding carboxylic acids is 2. The number of hydrogen-bond donors (Lipinski definition) is 3. The van der Waals surface area contributed by atoms with Gasteiger partial charge in [-0.2, -0.15) is 5.10 Å². The number of urea groups is 1. The predicted molar refractivity (Wildman–Crippen MR) is 50.1 cm³/mol. The number of nitrogens with one attached hydrogen (secondary N) is 2. The molecule has 0 saturated heterocycles. The van der Waals surface area contributed by atoms with Crippen LogP contribution in [0.3, 0.4) is 0 Å². The lowest BCUT2D eigenvalue weighted by atomic mass is 10.2. The van der Waals surface area contributed by atoms with E-state index in [9.17, 15) is 9.59 Å². The van der Waals surface area contributed by atoms with Crippen LogP contribution in [-0.2, 0) is 9.53 Å². The number of hydrazine groups is 1. The zero-order chi connectivity index (χ0) is 11.0. The average molecular weight is 202 g/mol. The molecule has 1 atom stereocenters. The van der Waals surface area contributed by atoms with Gasteiger partial charge in [0.2, 0.25) is 0 Å². The number of esters is 1. The van der Waals surface area contributed by atoms with Gasteiger partial charge in [-0.05, 0) is 13.8 Å². The fourth-order valence-corrected chi connectivity index (χ4v) is 0.575. The molecule has 7 nitrogen and oxygen atoms in total. The molecule has 7 heteroatoms. The van der Waals surface area contributed by atoms with E-state index in [1.165, 1.54) is 6.21 Å². The number of carbonyl (C=O) groups is 2. The number of nitrogens with zero attached hydrogens (tertiary/aromatic N) is 1. The second-order valence-corrected chi connectivity index (χ2v) is 2.40. The SMILES string of the molecule is CCOC(=O)C(C)C=NNC(=O)NN. The van der Waals surface area contributed by atoms with E-state index in [2.05, 4.69) is 5.10 Å². The first-order valence-corrected chi connectivity index (χ1v) is 4.08. The molecule has 14 heavy (non-hydrogen) atoms. The fraction of sp³-hybridized carbons (Fsp3) is 0.571. The van der Waals surface area contributed by atoms with Crippen LogP contribution in [-0.4, -0.2) is 24.8 Å². The zero-order valence-electron chi connectivity index (χ0n) is 8.11. The smallest absolute Gasteiger partial charge is 0.349 e. The number of hydrogen-bond acceptors (Lipinski definition) is 5. The highest BCUT2D eigenvalue weighted by Crippen LogP contribution is 1.93. The third-order valence-electron chi connectivity index (χ3n) is 1.25. The standard InChI is InChI=1S/C7H14N4O3/c1-3-14-6(12)5(2)4-9-11-7(13)10-8/h4-5H,3,8H2,1-2H3,(H2,10,11,13). The third-order valence-corrected chi connectivity index (χ3v) is 1.25. The molecule has 0 heterocycles. The summed E-state index contributed by atoms with van der Waals surface area (Å²) in [6.07, 6.45) is 1.26. The van der Waals surface area contributed by atoms with E-state index in [-0.39, 0.29) is 0 Å². The molecule has 0 aromatic carbocycles. The molecule has 0 radical (unpaired) electrons. The summed E-state index contributed by atoms with van der Waals surface area (Å²) in [5.41, 5.74) is 3.86. The Morgan fingerprint density at radius 3 is 2.79 bits per heavy atom. The minimum atomic E-state index is -0.655. The van der Waals surface area contributed by atoms with Crippen LogP contribution in [0, 0.1) is 5.92 Å². The number of rotatable bonds is 4. The molecule has 0 aliphatic rings. The molecule has 1 unspecified atom stereocenters. The highest BCUT2D eigenvalue weighted by molar-refractivity contribution is 5.89. The van der Waals surface area contributed by atoms with E-state index in [0.29, 0.717) is 6.61 Å². The predicted octanol–water partition coefficient (Wildman–Crippen LogP) is -0.656. The first-order valence-electron chi connectivity index (χ1n) is 4.08. The Kier molecular flexibility index (Phi) is 6.04. The number of amides is 2. The normalized spacial score (nSPS) is 12.2. The number of nitrogens with two attached hydrogens (primary N) is 1. The summed E-state index contributed by atoms with van der Waals surface area (Å²) in [6, 6.07) is -0.655. The lowest BCUT2D eigenvalue weighted by molar-refractivity contribution is -0.144. The van der Waals surface area contributed by atoms with Crippen molar-refractivity contribution >= 4 is 18.2 Å². The molecule has 0 spiro atoms. The van der Waals surface area contributed by atoms with Gasteiger partial charge in [0.15, 0.2) is 0 Å². The molecule has 0 bridgehead atoms. The highest BCUT2D eigenvalue weighted by atomic mass is 16.5. The van der Waals surface area contributed by atoms with Crippen LogP contribution in [0.2, 0.25) is 0 Å². The second kappa shape index (κ2) is 6.84. The van der Waals surface area contributed by atoms with Crippen molar-refractivity contribution in [2.75, 3.05) is 6.61 Å². The van der Waals surface area contributed by atoms with Crippen molar-refractivity contribution in [3.63, 3.8) is 0 Å². The van der Waals surface area contributed by atoms with Gasteiger partial charge in [-0.25, -0.2) is 16.1 Å². The topological polar surface area (TPSA) is 106 Å². The van der Waals surface area contributed by atoms with Gasteiger partial charge in [-0.1, -0.05) is 0 Å². The van der Waals surface area contributed by atoms with Crippen LogP contribution in [0.4, 0.5) is 4.79 Å². The van der Waals surface area contributed by atoms with Crippen molar-refractivity contribution < 1.29 is 14.3 Å². The third kappa shape index (κ3) is 5.09. The van der Waals surface area contributed by atoms with Gasteiger partial charge in [-0.15, -0.1) is 0 Å². The minimum absolute atomic E-state index is 0.313. The maximum absolute atomic E-state index is 11.0. The van der Waals surface area contributed by atoms with E-state index >= 15 is 0 Å².